The molecule has 0 fully saturated rings. The summed E-state index contributed by atoms with van der Waals surface area (Å²) >= 11 is 0. The number of aromatic nitrogens is 2. The molecule has 0 unspecified atom stereocenters. The first-order valence-corrected chi connectivity index (χ1v) is 6.89. The summed E-state index contributed by atoms with van der Waals surface area (Å²) in [6.07, 6.45) is 1.46. The third kappa shape index (κ3) is 2.01. The summed E-state index contributed by atoms with van der Waals surface area (Å²) in [6.45, 7) is 6.31. The second kappa shape index (κ2) is 4.20. The highest BCUT2D eigenvalue weighted by atomic mass is 16.1. The number of carbonyl (C=O) groups is 1. The van der Waals surface area contributed by atoms with Crippen LogP contribution >= 0.6 is 0 Å². The van der Waals surface area contributed by atoms with Crippen LogP contribution in [0.1, 0.15) is 48.8 Å². The van der Waals surface area contributed by atoms with Crippen molar-refractivity contribution in [2.24, 2.45) is 0 Å². The topological polar surface area (TPSA) is 60.9 Å². The van der Waals surface area contributed by atoms with Gasteiger partial charge < -0.3 is 5.73 Å². The second-order valence-corrected chi connectivity index (χ2v) is 6.38. The van der Waals surface area contributed by atoms with Gasteiger partial charge in [-0.05, 0) is 24.1 Å². The van der Waals surface area contributed by atoms with E-state index in [0.29, 0.717) is 12.2 Å². The van der Waals surface area contributed by atoms with Crippen LogP contribution in [0.25, 0.3) is 5.69 Å². The normalized spacial score (nSPS) is 14.7. The lowest BCUT2D eigenvalue weighted by Crippen LogP contribution is -2.12. The van der Waals surface area contributed by atoms with Crippen molar-refractivity contribution < 1.29 is 4.79 Å². The van der Waals surface area contributed by atoms with Crippen LogP contribution in [0.2, 0.25) is 0 Å². The third-order valence-corrected chi connectivity index (χ3v) is 3.77. The number of aryl methyl sites for hydroxylation is 1. The summed E-state index contributed by atoms with van der Waals surface area (Å²) in [5.41, 5.74) is 9.76. The molecule has 2 N–H and O–H groups in total. The Balaban J connectivity index is 2.08. The number of nitrogens with zero attached hydrogens (tertiary/aromatic N) is 2. The fraction of sp³-hybridized carbons (Fsp3) is 0.375. The second-order valence-electron chi connectivity index (χ2n) is 6.38. The lowest BCUT2D eigenvalue weighted by Gasteiger charge is -2.14. The van der Waals surface area contributed by atoms with E-state index in [1.54, 1.807) is 4.68 Å². The van der Waals surface area contributed by atoms with Gasteiger partial charge in [-0.2, -0.15) is 5.10 Å². The largest absolute Gasteiger partial charge is 0.384 e. The van der Waals surface area contributed by atoms with Gasteiger partial charge in [0, 0.05) is 23.5 Å². The Morgan fingerprint density at radius 1 is 1.20 bits per heavy atom. The minimum atomic E-state index is -0.0497. The summed E-state index contributed by atoms with van der Waals surface area (Å²) in [6, 6.07) is 7.79. The zero-order chi connectivity index (χ0) is 14.5. The minimum Gasteiger partial charge on any atom is -0.384 e. The Labute approximate surface area is 118 Å². The molecule has 1 aromatic heterocycles. The van der Waals surface area contributed by atoms with E-state index in [-0.39, 0.29) is 11.2 Å². The van der Waals surface area contributed by atoms with Gasteiger partial charge in [0.05, 0.1) is 11.4 Å². The number of hydrogen-bond acceptors (Lipinski definition) is 3. The van der Waals surface area contributed by atoms with Crippen molar-refractivity contribution in [3.63, 3.8) is 0 Å². The van der Waals surface area contributed by atoms with Crippen molar-refractivity contribution in [3.05, 3.63) is 41.1 Å². The Hall–Kier alpha value is -2.10. The van der Waals surface area contributed by atoms with E-state index >= 15 is 0 Å². The van der Waals surface area contributed by atoms with Gasteiger partial charge in [0.2, 0.25) is 0 Å². The lowest BCUT2D eigenvalue weighted by molar-refractivity contribution is 0.0994. The fourth-order valence-electron chi connectivity index (χ4n) is 2.53. The molecule has 1 heterocycles. The van der Waals surface area contributed by atoms with Crippen LogP contribution in [0.5, 0.6) is 0 Å². The summed E-state index contributed by atoms with van der Waals surface area (Å²) in [7, 11) is 0. The van der Waals surface area contributed by atoms with E-state index in [9.17, 15) is 4.79 Å². The molecule has 0 bridgehead atoms. The van der Waals surface area contributed by atoms with Crippen LogP contribution in [0.4, 0.5) is 5.82 Å². The highest BCUT2D eigenvalue weighted by molar-refractivity contribution is 6.00. The SMILES string of the molecule is CC(C)(C)c1cc(N)n(-c2ccc3c(c2)C(=O)CC3)n1. The van der Waals surface area contributed by atoms with E-state index < -0.39 is 0 Å². The lowest BCUT2D eigenvalue weighted by atomic mass is 9.92. The zero-order valence-electron chi connectivity index (χ0n) is 12.1. The predicted molar refractivity (Wildman–Crippen MR) is 79.3 cm³/mol. The van der Waals surface area contributed by atoms with Crippen molar-refractivity contribution in [2.75, 3.05) is 5.73 Å². The van der Waals surface area contributed by atoms with Crippen LogP contribution in [0.15, 0.2) is 24.3 Å². The Kier molecular flexibility index (Phi) is 2.71. The van der Waals surface area contributed by atoms with Crippen LogP contribution in [0.3, 0.4) is 0 Å². The van der Waals surface area contributed by atoms with Crippen molar-refractivity contribution in [3.8, 4) is 5.69 Å². The molecule has 4 heteroatoms. The zero-order valence-corrected chi connectivity index (χ0v) is 12.1. The molecule has 0 saturated heterocycles. The first-order valence-electron chi connectivity index (χ1n) is 6.89. The minimum absolute atomic E-state index is 0.0497. The Morgan fingerprint density at radius 3 is 2.60 bits per heavy atom. The molecule has 0 saturated carbocycles. The van der Waals surface area contributed by atoms with Crippen LogP contribution in [-0.4, -0.2) is 15.6 Å². The van der Waals surface area contributed by atoms with Crippen molar-refractivity contribution in [1.82, 2.24) is 9.78 Å². The number of benzene rings is 1. The van der Waals surface area contributed by atoms with Gasteiger partial charge in [-0.1, -0.05) is 26.8 Å². The molecule has 0 amide bonds. The van der Waals surface area contributed by atoms with Crippen LogP contribution in [-0.2, 0) is 11.8 Å². The van der Waals surface area contributed by atoms with Gasteiger partial charge in [0.25, 0.3) is 0 Å². The average Bonchev–Trinajstić information content (AvgIpc) is 2.93. The quantitative estimate of drug-likeness (QED) is 0.866. The number of ketones is 1. The van der Waals surface area contributed by atoms with Crippen molar-refractivity contribution in [2.45, 2.75) is 39.0 Å². The number of nitrogens with two attached hydrogens (primary N) is 1. The molecule has 104 valence electrons. The van der Waals surface area contributed by atoms with E-state index in [4.69, 9.17) is 5.73 Å². The smallest absolute Gasteiger partial charge is 0.163 e. The molecule has 20 heavy (non-hydrogen) atoms. The van der Waals surface area contributed by atoms with Gasteiger partial charge >= 0.3 is 0 Å². The first kappa shape index (κ1) is 12.9. The number of nitrogen functional groups attached to an aromatic ring is 1. The molecule has 1 aromatic carbocycles. The fourth-order valence-corrected chi connectivity index (χ4v) is 2.53. The molecule has 0 radical (unpaired) electrons. The average molecular weight is 269 g/mol. The number of anilines is 1. The Bertz CT molecular complexity index is 692. The Morgan fingerprint density at radius 2 is 1.95 bits per heavy atom. The van der Waals surface area contributed by atoms with Gasteiger partial charge in [0.1, 0.15) is 5.82 Å². The van der Waals surface area contributed by atoms with Crippen LogP contribution in [0, 0.1) is 0 Å². The number of hydrogen-bond donors (Lipinski definition) is 1. The van der Waals surface area contributed by atoms with Crippen molar-refractivity contribution >= 4 is 11.6 Å². The summed E-state index contributed by atoms with van der Waals surface area (Å²) < 4.78 is 1.71. The molecule has 4 nitrogen and oxygen atoms in total. The standard InChI is InChI=1S/C16H19N3O/c1-16(2,3)14-9-15(17)19(18-14)11-6-4-10-5-7-13(20)12(10)8-11/h4,6,8-9H,5,7,17H2,1-3H3. The molecular weight excluding hydrogens is 250 g/mol. The monoisotopic (exact) mass is 269 g/mol. The van der Waals surface area contributed by atoms with Gasteiger partial charge in [0.15, 0.2) is 5.78 Å². The first-order chi connectivity index (χ1) is 9.36. The molecule has 0 aliphatic heterocycles. The van der Waals surface area contributed by atoms with Crippen LogP contribution < -0.4 is 5.73 Å². The summed E-state index contributed by atoms with van der Waals surface area (Å²) in [5.74, 6) is 0.809. The summed E-state index contributed by atoms with van der Waals surface area (Å²) in [5, 5.41) is 4.58. The highest BCUT2D eigenvalue weighted by Crippen LogP contribution is 2.28. The van der Waals surface area contributed by atoms with E-state index in [2.05, 4.69) is 25.9 Å². The van der Waals surface area contributed by atoms with Gasteiger partial charge in [-0.25, -0.2) is 4.68 Å². The van der Waals surface area contributed by atoms with Gasteiger partial charge in [-0.3, -0.25) is 4.79 Å². The third-order valence-electron chi connectivity index (χ3n) is 3.77. The van der Waals surface area contributed by atoms with E-state index in [1.165, 1.54) is 0 Å². The maximum atomic E-state index is 11.8. The molecule has 0 spiro atoms. The van der Waals surface area contributed by atoms with Crippen molar-refractivity contribution in [1.29, 1.82) is 0 Å². The molecule has 1 aliphatic carbocycles. The molecule has 1 aliphatic rings. The predicted octanol–water partition coefficient (Wildman–Crippen LogP) is 2.88. The molecule has 0 atom stereocenters. The summed E-state index contributed by atoms with van der Waals surface area (Å²) in [4.78, 5) is 11.8. The maximum absolute atomic E-state index is 11.8. The van der Waals surface area contributed by atoms with E-state index in [0.717, 1.165) is 28.9 Å². The molecule has 2 aromatic rings. The number of fused-ring (bicyclic) bond motifs is 1. The number of Topliss-reactive ketones (excluding diaryl/α,β-unsaturated/α-hetero) is 1. The maximum Gasteiger partial charge on any atom is 0.163 e. The number of rotatable bonds is 1. The molecular formula is C16H19N3O. The molecule has 3 rings (SSSR count). The van der Waals surface area contributed by atoms with E-state index in [1.807, 2.05) is 24.3 Å². The number of carbonyl (C=O) groups excluding carboxylic acids is 1. The highest BCUT2D eigenvalue weighted by Gasteiger charge is 2.22. The van der Waals surface area contributed by atoms with Gasteiger partial charge in [-0.15, -0.1) is 0 Å².